The SMILES string of the molecule is CCCCCCCCCCCCCCCCCC(=O)O[C@@H]1[C@H](OC)[C@@H]([C@@H](O[C@H]2OC(C(=O)N[C@H]3CCC[C@@H](C)NC3=O)=C[C@H](O)[C@@H]2O)C(N)=O)O[C@H]1n1ccc(=O)[nH]c1=O. The first-order valence-electron chi connectivity index (χ1n) is 21.8. The lowest BCUT2D eigenvalue weighted by Gasteiger charge is -2.35. The largest absolute Gasteiger partial charge is 0.456 e. The number of unbranched alkanes of at least 4 members (excludes halogenated alkanes) is 14. The van der Waals surface area contributed by atoms with Crippen LogP contribution in [0.25, 0.3) is 0 Å². The Morgan fingerprint density at radius 2 is 1.55 bits per heavy atom. The summed E-state index contributed by atoms with van der Waals surface area (Å²) in [5.41, 5.74) is 4.18. The van der Waals surface area contributed by atoms with Crippen LogP contribution in [0.15, 0.2) is 33.7 Å². The van der Waals surface area contributed by atoms with Crippen LogP contribution < -0.4 is 27.6 Å². The molecule has 3 amide bonds. The summed E-state index contributed by atoms with van der Waals surface area (Å²) < 4.78 is 30.1. The maximum Gasteiger partial charge on any atom is 0.330 e. The van der Waals surface area contributed by atoms with E-state index in [2.05, 4.69) is 22.5 Å². The Bertz CT molecular complexity index is 1680. The van der Waals surface area contributed by atoms with Crippen molar-refractivity contribution in [3.63, 3.8) is 0 Å². The van der Waals surface area contributed by atoms with E-state index >= 15 is 0 Å². The number of methoxy groups -OCH3 is 1. The summed E-state index contributed by atoms with van der Waals surface area (Å²) in [5, 5.41) is 26.9. The number of rotatable bonds is 25. The number of aliphatic hydroxyl groups is 2. The van der Waals surface area contributed by atoms with Gasteiger partial charge in [-0.15, -0.1) is 0 Å². The fourth-order valence-electron chi connectivity index (χ4n) is 7.88. The molecule has 0 aromatic carbocycles. The van der Waals surface area contributed by atoms with Crippen LogP contribution in [0.5, 0.6) is 0 Å². The highest BCUT2D eigenvalue weighted by atomic mass is 16.7. The van der Waals surface area contributed by atoms with E-state index < -0.39 is 95.9 Å². The molecule has 0 aliphatic carbocycles. The number of nitrogens with one attached hydrogen (secondary N) is 3. The quantitative estimate of drug-likeness (QED) is 0.0612. The van der Waals surface area contributed by atoms with E-state index in [4.69, 9.17) is 29.4 Å². The minimum atomic E-state index is -1.88. The van der Waals surface area contributed by atoms with E-state index in [1.165, 1.54) is 71.3 Å². The molecule has 3 aliphatic rings. The molecule has 0 unspecified atom stereocenters. The van der Waals surface area contributed by atoms with Gasteiger partial charge in [0.15, 0.2) is 24.2 Å². The van der Waals surface area contributed by atoms with Crippen molar-refractivity contribution in [1.29, 1.82) is 0 Å². The van der Waals surface area contributed by atoms with Gasteiger partial charge in [0.25, 0.3) is 11.5 Å². The number of H-pyrrole nitrogens is 1. The minimum Gasteiger partial charge on any atom is -0.456 e. The second-order valence-corrected chi connectivity index (χ2v) is 16.2. The molecule has 4 heterocycles. The van der Waals surface area contributed by atoms with E-state index in [0.29, 0.717) is 19.3 Å². The van der Waals surface area contributed by atoms with Crippen molar-refractivity contribution in [3.8, 4) is 0 Å². The number of carbonyl (C=O) groups excluding carboxylic acids is 4. The summed E-state index contributed by atoms with van der Waals surface area (Å²) in [6, 6.07) is 0.0839. The molecule has 4 rings (SSSR count). The van der Waals surface area contributed by atoms with Gasteiger partial charge in [0, 0.05) is 31.8 Å². The molecule has 18 nitrogen and oxygen atoms in total. The molecule has 3 aliphatic heterocycles. The van der Waals surface area contributed by atoms with Crippen LogP contribution in [-0.2, 0) is 42.9 Å². The molecule has 1 aromatic rings. The van der Waals surface area contributed by atoms with Gasteiger partial charge in [-0.05, 0) is 38.7 Å². The first-order valence-corrected chi connectivity index (χ1v) is 21.8. The van der Waals surface area contributed by atoms with Crippen LogP contribution in [0, 0.1) is 0 Å². The number of nitrogens with two attached hydrogens (primary N) is 1. The lowest BCUT2D eigenvalue weighted by Crippen LogP contribution is -2.54. The molecule has 0 bridgehead atoms. The molecule has 0 radical (unpaired) electrons. The van der Waals surface area contributed by atoms with Crippen molar-refractivity contribution in [2.75, 3.05) is 7.11 Å². The monoisotopic (exact) mass is 849 g/mol. The third-order valence-electron chi connectivity index (χ3n) is 11.3. The lowest BCUT2D eigenvalue weighted by atomic mass is 10.0. The molecule has 10 atom stereocenters. The third-order valence-corrected chi connectivity index (χ3v) is 11.3. The van der Waals surface area contributed by atoms with Gasteiger partial charge in [-0.25, -0.2) is 4.79 Å². The number of primary amides is 1. The zero-order valence-corrected chi connectivity index (χ0v) is 35.4. The summed E-state index contributed by atoms with van der Waals surface area (Å²) in [6.07, 6.45) is 8.36. The van der Waals surface area contributed by atoms with Gasteiger partial charge < -0.3 is 50.3 Å². The highest BCUT2D eigenvalue weighted by Gasteiger charge is 2.54. The average Bonchev–Trinajstić information content (AvgIpc) is 3.46. The van der Waals surface area contributed by atoms with Gasteiger partial charge in [-0.2, -0.15) is 0 Å². The standard InChI is InChI=1S/C42H67N5O13/c1-4-5-6-7-8-9-10-11-12-13-14-15-16-17-18-22-31(50)58-36-33(56-3)34(59-40(36)47-24-23-30(49)46-42(47)55)35(37(43)52)60-41-32(51)28(48)25-29(57-41)39(54)45-27-21-19-20-26(2)44-38(27)53/h23-28,32-36,40-41,48,51H,4-22H2,1-3H3,(H2,43,52)(H,44,53)(H,45,54)(H,46,49,55)/t26-,27+,28+,32+,33-,34+,35-,36-,40-,41-/m1/s1. The highest BCUT2D eigenvalue weighted by molar-refractivity contribution is 5.95. The summed E-state index contributed by atoms with van der Waals surface area (Å²) in [4.78, 5) is 79.2. The molecular weight excluding hydrogens is 782 g/mol. The number of carbonyl (C=O) groups is 4. The normalized spacial score (nSPS) is 27.2. The van der Waals surface area contributed by atoms with Gasteiger partial charge in [0.1, 0.15) is 30.5 Å². The number of aromatic nitrogens is 2. The Hall–Kier alpha value is -4.10. The summed E-state index contributed by atoms with van der Waals surface area (Å²) in [5.74, 6) is -3.55. The Morgan fingerprint density at radius 3 is 2.13 bits per heavy atom. The van der Waals surface area contributed by atoms with Gasteiger partial charge in [-0.1, -0.05) is 96.8 Å². The average molecular weight is 850 g/mol. The number of aromatic amines is 1. The van der Waals surface area contributed by atoms with Crippen LogP contribution in [0.3, 0.4) is 0 Å². The molecule has 0 spiro atoms. The van der Waals surface area contributed by atoms with Gasteiger partial charge in [0.2, 0.25) is 18.1 Å². The second kappa shape index (κ2) is 25.0. The maximum absolute atomic E-state index is 13.3. The number of aliphatic hydroxyl groups excluding tert-OH is 2. The molecule has 1 aromatic heterocycles. The second-order valence-electron chi connectivity index (χ2n) is 16.2. The predicted molar refractivity (Wildman–Crippen MR) is 218 cm³/mol. The van der Waals surface area contributed by atoms with Crippen LogP contribution in [0.4, 0.5) is 0 Å². The van der Waals surface area contributed by atoms with E-state index in [0.717, 1.165) is 55.0 Å². The van der Waals surface area contributed by atoms with Crippen LogP contribution >= 0.6 is 0 Å². The lowest BCUT2D eigenvalue weighted by molar-refractivity contribution is -0.241. The van der Waals surface area contributed by atoms with Crippen LogP contribution in [0.2, 0.25) is 0 Å². The Morgan fingerprint density at radius 1 is 0.933 bits per heavy atom. The fourth-order valence-corrected chi connectivity index (χ4v) is 7.88. The maximum atomic E-state index is 13.3. The minimum absolute atomic E-state index is 0.0531. The molecule has 18 heteroatoms. The fraction of sp³-hybridized carbons (Fsp3) is 0.762. The number of amides is 3. The number of hydrogen-bond acceptors (Lipinski definition) is 13. The number of hydrogen-bond donors (Lipinski definition) is 6. The number of ether oxygens (including phenoxy) is 5. The van der Waals surface area contributed by atoms with Crippen molar-refractivity contribution in [2.24, 2.45) is 5.73 Å². The summed E-state index contributed by atoms with van der Waals surface area (Å²) >= 11 is 0. The first-order chi connectivity index (χ1) is 28.8. The highest BCUT2D eigenvalue weighted by Crippen LogP contribution is 2.36. The smallest absolute Gasteiger partial charge is 0.330 e. The molecule has 2 saturated heterocycles. The molecular formula is C42H67N5O13. The van der Waals surface area contributed by atoms with Crippen LogP contribution in [-0.4, -0.2) is 106 Å². The van der Waals surface area contributed by atoms with E-state index in [-0.39, 0.29) is 12.5 Å². The van der Waals surface area contributed by atoms with E-state index in [1.807, 2.05) is 6.92 Å². The van der Waals surface area contributed by atoms with E-state index in [1.54, 1.807) is 0 Å². The summed E-state index contributed by atoms with van der Waals surface area (Å²) in [6.45, 7) is 4.08. The molecule has 60 heavy (non-hydrogen) atoms. The molecule has 338 valence electrons. The predicted octanol–water partition coefficient (Wildman–Crippen LogP) is 2.63. The van der Waals surface area contributed by atoms with Gasteiger partial charge in [0.05, 0.1) is 0 Å². The number of nitrogens with zero attached hydrogens (tertiary/aromatic N) is 1. The first kappa shape index (κ1) is 48.6. The topological polar surface area (TPSA) is 260 Å². The molecule has 7 N–H and O–H groups in total. The Labute approximate surface area is 351 Å². The van der Waals surface area contributed by atoms with Gasteiger partial charge in [-0.3, -0.25) is 33.5 Å². The number of esters is 1. The summed E-state index contributed by atoms with van der Waals surface area (Å²) in [7, 11) is 1.25. The Kier molecular flexibility index (Phi) is 20.2. The van der Waals surface area contributed by atoms with Crippen molar-refractivity contribution < 1.29 is 53.1 Å². The third kappa shape index (κ3) is 14.5. The van der Waals surface area contributed by atoms with Crippen molar-refractivity contribution in [1.82, 2.24) is 20.2 Å². The Balaban J connectivity index is 1.36. The van der Waals surface area contributed by atoms with E-state index in [9.17, 15) is 39.0 Å². The zero-order chi connectivity index (χ0) is 43.6. The van der Waals surface area contributed by atoms with Crippen LogP contribution in [0.1, 0.15) is 142 Å². The van der Waals surface area contributed by atoms with Crippen molar-refractivity contribution in [2.45, 2.75) is 197 Å². The molecule has 0 saturated carbocycles. The van der Waals surface area contributed by atoms with Crippen molar-refractivity contribution in [3.05, 3.63) is 44.9 Å². The molecule has 2 fully saturated rings. The van der Waals surface area contributed by atoms with Crippen molar-refractivity contribution >= 4 is 23.7 Å². The van der Waals surface area contributed by atoms with Gasteiger partial charge >= 0.3 is 11.7 Å². The zero-order valence-electron chi connectivity index (χ0n) is 35.4.